The Hall–Kier alpha value is -6.90. The maximum atomic E-state index is 6.28. The molecule has 2 nitrogen and oxygen atoms in total. The molecule has 4 aliphatic rings. The van der Waals surface area contributed by atoms with Crippen LogP contribution in [0, 0.1) is 11.8 Å². The Bertz CT molecular complexity index is 2730. The van der Waals surface area contributed by atoms with Crippen molar-refractivity contribution in [2.24, 2.45) is 11.8 Å². The lowest BCUT2D eigenvalue weighted by Crippen LogP contribution is -2.36. The number of fused-ring (bicyclic) bond motifs is 4. The first-order valence-electron chi connectivity index (χ1n) is 21.4. The van der Waals surface area contributed by atoms with Gasteiger partial charge in [-0.25, -0.2) is 0 Å². The topological polar surface area (TPSA) is 12.5 Å². The number of anilines is 3. The van der Waals surface area contributed by atoms with Gasteiger partial charge in [-0.15, -0.1) is 6.58 Å². The summed E-state index contributed by atoms with van der Waals surface area (Å²) in [6.45, 7) is 6.11. The molecule has 0 N–H and O–H groups in total. The highest BCUT2D eigenvalue weighted by Gasteiger charge is 2.53. The summed E-state index contributed by atoms with van der Waals surface area (Å²) in [4.78, 5) is 2.38. The van der Waals surface area contributed by atoms with Crippen LogP contribution in [0.2, 0.25) is 0 Å². The molecular weight excluding hydrogens is 727 g/mol. The second kappa shape index (κ2) is 16.0. The fourth-order valence-electron chi connectivity index (χ4n) is 9.87. The van der Waals surface area contributed by atoms with Crippen LogP contribution in [0.25, 0.3) is 22.3 Å². The van der Waals surface area contributed by atoms with E-state index >= 15 is 0 Å². The number of ether oxygens (including phenoxy) is 1. The largest absolute Gasteiger partial charge is 0.461 e. The number of nitrogens with zero attached hydrogens (tertiary/aromatic N) is 1. The van der Waals surface area contributed by atoms with Crippen molar-refractivity contribution >= 4 is 17.1 Å². The van der Waals surface area contributed by atoms with Gasteiger partial charge in [-0.3, -0.25) is 0 Å². The quantitative estimate of drug-likeness (QED) is 0.129. The van der Waals surface area contributed by atoms with Gasteiger partial charge in [-0.05, 0) is 112 Å². The molecule has 0 aromatic heterocycles. The average Bonchev–Trinajstić information content (AvgIpc) is 3.86. The number of benzene rings is 6. The lowest BCUT2D eigenvalue weighted by atomic mass is 9.61. The summed E-state index contributed by atoms with van der Waals surface area (Å²) >= 11 is 0. The van der Waals surface area contributed by atoms with E-state index < -0.39 is 0 Å². The molecule has 2 heteroatoms. The van der Waals surface area contributed by atoms with Gasteiger partial charge in [0.15, 0.2) is 0 Å². The minimum absolute atomic E-state index is 0.288. The monoisotopic (exact) mass is 775 g/mol. The average molecular weight is 776 g/mol. The van der Waals surface area contributed by atoms with Crippen LogP contribution in [0.3, 0.4) is 0 Å². The van der Waals surface area contributed by atoms with E-state index in [4.69, 9.17) is 4.74 Å². The molecule has 6 aromatic carbocycles. The Morgan fingerprint density at radius 2 is 1.35 bits per heavy atom. The summed E-state index contributed by atoms with van der Waals surface area (Å²) in [7, 11) is 0. The van der Waals surface area contributed by atoms with Gasteiger partial charge in [0.2, 0.25) is 0 Å². The fraction of sp³-hybridized carbons (Fsp3) is 0.138. The van der Waals surface area contributed by atoms with Crippen molar-refractivity contribution in [2.75, 3.05) is 4.90 Å². The second-order valence-corrected chi connectivity index (χ2v) is 16.5. The minimum Gasteiger partial charge on any atom is -0.461 e. The van der Waals surface area contributed by atoms with E-state index in [-0.39, 0.29) is 11.3 Å². The third-order valence-electron chi connectivity index (χ3n) is 12.8. The van der Waals surface area contributed by atoms with Gasteiger partial charge < -0.3 is 9.64 Å². The number of hydrogen-bond donors (Lipinski definition) is 0. The Labute approximate surface area is 355 Å². The SMILES string of the molecule is C=CC/C=C\C=C1/Cc2ccc(-c3ccc(N(c4ccc(-c5ccccc5)cc4)c4ccc(C5(C6=CCC(C)C=C6)c6ccccc6C6C=CC=CC65)cc4)cc3)cc2O1. The van der Waals surface area contributed by atoms with Gasteiger partial charge in [0.1, 0.15) is 11.5 Å². The first-order valence-corrected chi connectivity index (χ1v) is 21.4. The molecule has 4 atom stereocenters. The molecule has 0 spiro atoms. The van der Waals surface area contributed by atoms with Gasteiger partial charge in [0.25, 0.3) is 0 Å². The van der Waals surface area contributed by atoms with E-state index in [9.17, 15) is 0 Å². The number of allylic oxidation sites excluding steroid dienone is 13. The molecular formula is C58H49NO. The van der Waals surface area contributed by atoms with E-state index in [1.807, 2.05) is 6.08 Å². The molecule has 60 heavy (non-hydrogen) atoms. The Morgan fingerprint density at radius 1 is 0.700 bits per heavy atom. The summed E-state index contributed by atoms with van der Waals surface area (Å²) in [5.74, 6) is 3.06. The van der Waals surface area contributed by atoms with Crippen LogP contribution in [-0.2, 0) is 11.8 Å². The summed E-state index contributed by atoms with van der Waals surface area (Å²) < 4.78 is 6.28. The molecule has 3 aliphatic carbocycles. The lowest BCUT2D eigenvalue weighted by Gasteiger charge is -2.41. The van der Waals surface area contributed by atoms with Gasteiger partial charge in [0.05, 0.1) is 5.41 Å². The predicted octanol–water partition coefficient (Wildman–Crippen LogP) is 15.1. The van der Waals surface area contributed by atoms with Crippen LogP contribution in [0.1, 0.15) is 47.9 Å². The molecule has 0 radical (unpaired) electrons. The molecule has 1 aliphatic heterocycles. The Kier molecular flexibility index (Phi) is 9.99. The van der Waals surface area contributed by atoms with E-state index in [0.29, 0.717) is 11.8 Å². The Balaban J connectivity index is 1.03. The van der Waals surface area contributed by atoms with E-state index in [2.05, 4.69) is 225 Å². The molecule has 0 fully saturated rings. The third-order valence-corrected chi connectivity index (χ3v) is 12.8. The van der Waals surface area contributed by atoms with Crippen LogP contribution in [0.5, 0.6) is 5.75 Å². The van der Waals surface area contributed by atoms with Crippen LogP contribution in [0.15, 0.2) is 230 Å². The van der Waals surface area contributed by atoms with Gasteiger partial charge in [-0.2, -0.15) is 0 Å². The molecule has 0 bridgehead atoms. The predicted molar refractivity (Wildman–Crippen MR) is 251 cm³/mol. The molecule has 0 saturated heterocycles. The van der Waals surface area contributed by atoms with E-state index in [0.717, 1.165) is 59.0 Å². The number of hydrogen-bond acceptors (Lipinski definition) is 2. The highest BCUT2D eigenvalue weighted by atomic mass is 16.5. The van der Waals surface area contributed by atoms with Crippen molar-refractivity contribution in [3.05, 3.63) is 253 Å². The van der Waals surface area contributed by atoms with E-state index in [1.54, 1.807) is 0 Å². The maximum Gasteiger partial charge on any atom is 0.131 e. The van der Waals surface area contributed by atoms with Crippen molar-refractivity contribution < 1.29 is 4.74 Å². The van der Waals surface area contributed by atoms with Crippen LogP contribution >= 0.6 is 0 Å². The lowest BCUT2D eigenvalue weighted by molar-refractivity contribution is 0.447. The van der Waals surface area contributed by atoms with Gasteiger partial charge in [0, 0.05) is 40.9 Å². The van der Waals surface area contributed by atoms with Crippen molar-refractivity contribution in [2.45, 2.75) is 37.5 Å². The van der Waals surface area contributed by atoms with Crippen molar-refractivity contribution in [1.82, 2.24) is 0 Å². The van der Waals surface area contributed by atoms with Crippen LogP contribution in [0.4, 0.5) is 17.1 Å². The van der Waals surface area contributed by atoms with Crippen molar-refractivity contribution in [3.63, 3.8) is 0 Å². The third kappa shape index (κ3) is 6.73. The normalized spacial score (nSPS) is 21.6. The fourth-order valence-corrected chi connectivity index (χ4v) is 9.87. The highest BCUT2D eigenvalue weighted by Crippen LogP contribution is 2.60. The molecule has 0 saturated carbocycles. The van der Waals surface area contributed by atoms with Gasteiger partial charge in [-0.1, -0.05) is 171 Å². The zero-order chi connectivity index (χ0) is 40.5. The first kappa shape index (κ1) is 37.4. The second-order valence-electron chi connectivity index (χ2n) is 16.5. The number of rotatable bonds is 10. The van der Waals surface area contributed by atoms with Crippen molar-refractivity contribution in [1.29, 1.82) is 0 Å². The summed E-state index contributed by atoms with van der Waals surface area (Å²) in [6.07, 6.45) is 27.5. The molecule has 292 valence electrons. The smallest absolute Gasteiger partial charge is 0.131 e. The highest BCUT2D eigenvalue weighted by molar-refractivity contribution is 5.80. The molecule has 1 heterocycles. The minimum atomic E-state index is -0.292. The molecule has 10 rings (SSSR count). The van der Waals surface area contributed by atoms with Crippen LogP contribution in [-0.4, -0.2) is 0 Å². The summed E-state index contributed by atoms with van der Waals surface area (Å²) in [6, 6.07) is 53.7. The summed E-state index contributed by atoms with van der Waals surface area (Å²) in [5.41, 5.74) is 14.5. The summed E-state index contributed by atoms with van der Waals surface area (Å²) in [5, 5.41) is 0. The zero-order valence-corrected chi connectivity index (χ0v) is 34.1. The zero-order valence-electron chi connectivity index (χ0n) is 34.1. The van der Waals surface area contributed by atoms with E-state index in [1.165, 1.54) is 39.0 Å². The first-order chi connectivity index (χ1) is 29.6. The van der Waals surface area contributed by atoms with Crippen LogP contribution < -0.4 is 9.64 Å². The molecule has 4 unspecified atom stereocenters. The molecule has 0 amide bonds. The Morgan fingerprint density at radius 3 is 2.07 bits per heavy atom. The van der Waals surface area contributed by atoms with Gasteiger partial charge >= 0.3 is 0 Å². The maximum absolute atomic E-state index is 6.28. The van der Waals surface area contributed by atoms with Crippen molar-refractivity contribution in [3.8, 4) is 28.0 Å². The molecule has 6 aromatic rings. The standard InChI is InChI=1S/C58H49NO/c1-3-4-5-9-16-52-39-46-24-23-45(40-57(46)60-52)44-27-35-50(36-28-44)59(49-33-25-43(26-34-49)42-14-7-6-8-15-42)51-37-31-48(32-38-51)58(47-29-21-41(2)22-30-47)55-19-12-10-17-53(55)54-18-11-13-20-56(54)58/h3,5-21,23-38,40-41,53,55H,1,4,22,39H2,2H3/b9-5-,52-16+.